The van der Waals surface area contributed by atoms with Crippen molar-refractivity contribution in [2.45, 2.75) is 31.7 Å². The number of carbonyl (C=O) groups is 1. The van der Waals surface area contributed by atoms with Crippen molar-refractivity contribution in [3.05, 3.63) is 0 Å². The van der Waals surface area contributed by atoms with Gasteiger partial charge in [0.15, 0.2) is 0 Å². The molecule has 1 saturated heterocycles. The highest BCUT2D eigenvalue weighted by Gasteiger charge is 2.29. The molecule has 1 aliphatic rings. The van der Waals surface area contributed by atoms with E-state index in [9.17, 15) is 4.79 Å². The molecule has 0 aromatic rings. The first kappa shape index (κ1) is 9.86. The minimum absolute atomic E-state index is 0.334. The van der Waals surface area contributed by atoms with Gasteiger partial charge in [0.05, 0.1) is 5.37 Å². The number of carboxylic acid groups (broad SMARTS) is 1. The van der Waals surface area contributed by atoms with Crippen LogP contribution >= 0.6 is 11.8 Å². The molecule has 4 heteroatoms. The van der Waals surface area contributed by atoms with Gasteiger partial charge >= 0.3 is 5.97 Å². The molecule has 0 saturated carbocycles. The fourth-order valence-corrected chi connectivity index (χ4v) is 2.68. The Morgan fingerprint density at radius 1 is 1.75 bits per heavy atom. The lowest BCUT2D eigenvalue weighted by atomic mass is 10.1. The van der Waals surface area contributed by atoms with Crippen LogP contribution in [0.25, 0.3) is 0 Å². The highest BCUT2D eigenvalue weighted by molar-refractivity contribution is 8.00. The van der Waals surface area contributed by atoms with Gasteiger partial charge in [-0.3, -0.25) is 10.1 Å². The van der Waals surface area contributed by atoms with Gasteiger partial charge in [-0.1, -0.05) is 13.8 Å². The quantitative estimate of drug-likeness (QED) is 0.699. The molecule has 0 radical (unpaired) electrons. The van der Waals surface area contributed by atoms with Crippen molar-refractivity contribution in [1.29, 1.82) is 0 Å². The molecule has 12 heavy (non-hydrogen) atoms. The summed E-state index contributed by atoms with van der Waals surface area (Å²) < 4.78 is 0. The summed E-state index contributed by atoms with van der Waals surface area (Å²) in [5.41, 5.74) is 0. The van der Waals surface area contributed by atoms with E-state index in [2.05, 4.69) is 19.2 Å². The van der Waals surface area contributed by atoms with Crippen LogP contribution in [0.15, 0.2) is 0 Å². The van der Waals surface area contributed by atoms with Gasteiger partial charge in [-0.05, 0) is 12.3 Å². The van der Waals surface area contributed by atoms with Gasteiger partial charge in [0.1, 0.15) is 6.04 Å². The van der Waals surface area contributed by atoms with Crippen LogP contribution in [-0.2, 0) is 4.79 Å². The summed E-state index contributed by atoms with van der Waals surface area (Å²) in [5, 5.41) is 12.1. The second-order valence-corrected chi connectivity index (χ2v) is 4.74. The number of aliphatic carboxylic acids is 1. The first-order valence-corrected chi connectivity index (χ1v) is 5.25. The zero-order chi connectivity index (χ0) is 9.14. The van der Waals surface area contributed by atoms with Crippen LogP contribution in [0.2, 0.25) is 0 Å². The van der Waals surface area contributed by atoms with Gasteiger partial charge in [0, 0.05) is 5.75 Å². The second-order valence-electron chi connectivity index (χ2n) is 3.51. The Morgan fingerprint density at radius 3 is 2.83 bits per heavy atom. The van der Waals surface area contributed by atoms with E-state index in [1.165, 1.54) is 0 Å². The smallest absolute Gasteiger partial charge is 0.321 e. The molecule has 0 amide bonds. The van der Waals surface area contributed by atoms with Crippen LogP contribution in [0.5, 0.6) is 0 Å². The second kappa shape index (κ2) is 4.14. The summed E-state index contributed by atoms with van der Waals surface area (Å²) in [4.78, 5) is 10.6. The van der Waals surface area contributed by atoms with Crippen molar-refractivity contribution < 1.29 is 9.90 Å². The Balaban J connectivity index is 2.30. The number of rotatable bonds is 3. The normalized spacial score (nSPS) is 29.6. The van der Waals surface area contributed by atoms with E-state index in [1.54, 1.807) is 11.8 Å². The lowest BCUT2D eigenvalue weighted by Gasteiger charge is -2.12. The van der Waals surface area contributed by atoms with E-state index >= 15 is 0 Å². The topological polar surface area (TPSA) is 49.3 Å². The fourth-order valence-electron chi connectivity index (χ4n) is 1.24. The molecule has 70 valence electrons. The SMILES string of the molecule is CC(C)C[C@@H]1N[C@H](C(=O)O)CS1. The minimum Gasteiger partial charge on any atom is -0.480 e. The lowest BCUT2D eigenvalue weighted by molar-refractivity contribution is -0.138. The minimum atomic E-state index is -0.728. The molecule has 3 nitrogen and oxygen atoms in total. The van der Waals surface area contributed by atoms with Gasteiger partial charge in [-0.25, -0.2) is 0 Å². The van der Waals surface area contributed by atoms with Gasteiger partial charge in [-0.2, -0.15) is 0 Å². The summed E-state index contributed by atoms with van der Waals surface area (Å²) in [7, 11) is 0. The van der Waals surface area contributed by atoms with Crippen molar-refractivity contribution in [2.75, 3.05) is 5.75 Å². The van der Waals surface area contributed by atoms with Crippen molar-refractivity contribution in [3.63, 3.8) is 0 Å². The lowest BCUT2D eigenvalue weighted by Crippen LogP contribution is -2.36. The average molecular weight is 189 g/mol. The van der Waals surface area contributed by atoms with Crippen molar-refractivity contribution in [1.82, 2.24) is 5.32 Å². The number of hydrogen-bond acceptors (Lipinski definition) is 3. The molecule has 0 spiro atoms. The predicted molar refractivity (Wildman–Crippen MR) is 50.3 cm³/mol. The number of thioether (sulfide) groups is 1. The number of carboxylic acids is 1. The van der Waals surface area contributed by atoms with Gasteiger partial charge in [0.2, 0.25) is 0 Å². The maximum atomic E-state index is 10.6. The van der Waals surface area contributed by atoms with Crippen LogP contribution in [0.3, 0.4) is 0 Å². The highest BCUT2D eigenvalue weighted by Crippen LogP contribution is 2.24. The van der Waals surface area contributed by atoms with Crippen LogP contribution in [0, 0.1) is 5.92 Å². The van der Waals surface area contributed by atoms with E-state index in [1.807, 2.05) is 0 Å². The summed E-state index contributed by atoms with van der Waals surface area (Å²) in [6.07, 6.45) is 1.05. The third kappa shape index (κ3) is 2.68. The Bertz CT molecular complexity index is 172. The Hall–Kier alpha value is -0.220. The summed E-state index contributed by atoms with van der Waals surface area (Å²) >= 11 is 1.72. The standard InChI is InChI=1S/C8H15NO2S/c1-5(2)3-7-9-6(4-12-7)8(10)11/h5-7,9H,3-4H2,1-2H3,(H,10,11)/t6-,7+/m0/s1. The van der Waals surface area contributed by atoms with Crippen LogP contribution < -0.4 is 5.32 Å². The molecular weight excluding hydrogens is 174 g/mol. The zero-order valence-electron chi connectivity index (χ0n) is 7.41. The molecular formula is C8H15NO2S. The van der Waals surface area contributed by atoms with Crippen molar-refractivity contribution in [2.24, 2.45) is 5.92 Å². The zero-order valence-corrected chi connectivity index (χ0v) is 8.23. The molecule has 0 aliphatic carbocycles. The molecule has 0 aromatic heterocycles. The van der Waals surface area contributed by atoms with E-state index < -0.39 is 5.97 Å². The van der Waals surface area contributed by atoms with E-state index in [0.29, 0.717) is 17.0 Å². The third-order valence-corrected chi connectivity index (χ3v) is 3.09. The summed E-state index contributed by atoms with van der Waals surface area (Å²) in [5.74, 6) is 0.600. The monoisotopic (exact) mass is 189 g/mol. The van der Waals surface area contributed by atoms with E-state index in [4.69, 9.17) is 5.11 Å². The van der Waals surface area contributed by atoms with Gasteiger partial charge in [-0.15, -0.1) is 11.8 Å². The Kier molecular flexibility index (Phi) is 3.40. The molecule has 1 fully saturated rings. The van der Waals surface area contributed by atoms with Gasteiger partial charge < -0.3 is 5.11 Å². The summed E-state index contributed by atoms with van der Waals surface area (Å²) in [6, 6.07) is -0.334. The third-order valence-electron chi connectivity index (χ3n) is 1.83. The van der Waals surface area contributed by atoms with Gasteiger partial charge in [0.25, 0.3) is 0 Å². The first-order chi connectivity index (χ1) is 5.59. The number of hydrogen-bond donors (Lipinski definition) is 2. The van der Waals surface area contributed by atoms with E-state index in [-0.39, 0.29) is 6.04 Å². The molecule has 2 atom stereocenters. The van der Waals surface area contributed by atoms with Crippen LogP contribution in [0.1, 0.15) is 20.3 Å². The Morgan fingerprint density at radius 2 is 2.42 bits per heavy atom. The molecule has 1 heterocycles. The largest absolute Gasteiger partial charge is 0.480 e. The maximum Gasteiger partial charge on any atom is 0.321 e. The molecule has 0 aromatic carbocycles. The predicted octanol–water partition coefficient (Wildman–Crippen LogP) is 1.15. The van der Waals surface area contributed by atoms with E-state index in [0.717, 1.165) is 6.42 Å². The fraction of sp³-hybridized carbons (Fsp3) is 0.875. The average Bonchev–Trinajstić information content (AvgIpc) is 2.34. The van der Waals surface area contributed by atoms with Crippen LogP contribution in [0.4, 0.5) is 0 Å². The first-order valence-electron chi connectivity index (χ1n) is 4.20. The number of nitrogens with one attached hydrogen (secondary N) is 1. The maximum absolute atomic E-state index is 10.6. The van der Waals surface area contributed by atoms with Crippen LogP contribution in [-0.4, -0.2) is 28.2 Å². The Labute approximate surface area is 76.9 Å². The van der Waals surface area contributed by atoms with Crippen molar-refractivity contribution >= 4 is 17.7 Å². The highest BCUT2D eigenvalue weighted by atomic mass is 32.2. The molecule has 2 N–H and O–H groups in total. The summed E-state index contributed by atoms with van der Waals surface area (Å²) in [6.45, 7) is 4.30. The molecule has 0 bridgehead atoms. The van der Waals surface area contributed by atoms with Crippen molar-refractivity contribution in [3.8, 4) is 0 Å². The molecule has 0 unspecified atom stereocenters. The molecule has 1 rings (SSSR count). The molecule has 1 aliphatic heterocycles.